The third-order valence-corrected chi connectivity index (χ3v) is 6.39. The summed E-state index contributed by atoms with van der Waals surface area (Å²) in [4.78, 5) is 22.3. The molecule has 1 aliphatic rings. The van der Waals surface area contributed by atoms with Gasteiger partial charge < -0.3 is 11.5 Å². The summed E-state index contributed by atoms with van der Waals surface area (Å²) in [5, 5.41) is 0. The third kappa shape index (κ3) is 3.23. The second kappa shape index (κ2) is 7.46. The number of nitrogens with zero attached hydrogens (tertiary/aromatic N) is 6. The zero-order valence-corrected chi connectivity index (χ0v) is 17.9. The molecule has 4 heterocycles. The van der Waals surface area contributed by atoms with Gasteiger partial charge in [-0.15, -0.1) is 0 Å². The van der Waals surface area contributed by atoms with E-state index >= 15 is 0 Å². The van der Waals surface area contributed by atoms with Gasteiger partial charge in [0.05, 0.1) is 11.3 Å². The van der Waals surface area contributed by atoms with Crippen LogP contribution < -0.4 is 11.5 Å². The van der Waals surface area contributed by atoms with Crippen molar-refractivity contribution in [1.29, 1.82) is 0 Å². The number of benzene rings is 1. The van der Waals surface area contributed by atoms with Crippen LogP contribution >= 0.6 is 0 Å². The fourth-order valence-electron chi connectivity index (χ4n) is 4.37. The lowest BCUT2D eigenvalue weighted by Gasteiger charge is -2.38. The predicted octanol–water partition coefficient (Wildman–Crippen LogP) is 3.86. The average Bonchev–Trinajstić information content (AvgIpc) is 3.22. The molecule has 1 aliphatic carbocycles. The molecule has 0 saturated heterocycles. The minimum Gasteiger partial charge on any atom is -0.383 e. The number of hydrogen-bond acceptors (Lipinski definition) is 7. The number of nitrogens with two attached hydrogens (primary N) is 2. The number of hydrogen-bond donors (Lipinski definition) is 2. The van der Waals surface area contributed by atoms with E-state index in [-0.39, 0.29) is 5.54 Å². The van der Waals surface area contributed by atoms with Crippen LogP contribution in [0.3, 0.4) is 0 Å². The molecule has 0 unspecified atom stereocenters. The number of imidazole rings is 1. The summed E-state index contributed by atoms with van der Waals surface area (Å²) >= 11 is 0. The maximum Gasteiger partial charge on any atom is 0.165 e. The number of fused-ring (bicyclic) bond motifs is 1. The Morgan fingerprint density at radius 1 is 0.909 bits per heavy atom. The Balaban J connectivity index is 1.57. The van der Waals surface area contributed by atoms with Crippen molar-refractivity contribution in [3.63, 3.8) is 0 Å². The first-order valence-electron chi connectivity index (χ1n) is 10.9. The highest BCUT2D eigenvalue weighted by atomic mass is 15.1. The summed E-state index contributed by atoms with van der Waals surface area (Å²) in [6.45, 7) is 0. The number of rotatable bonds is 4. The molecule has 5 aromatic rings. The van der Waals surface area contributed by atoms with Gasteiger partial charge in [-0.1, -0.05) is 12.1 Å². The van der Waals surface area contributed by atoms with Crippen LogP contribution in [-0.4, -0.2) is 29.5 Å². The van der Waals surface area contributed by atoms with E-state index in [1.807, 2.05) is 28.8 Å². The van der Waals surface area contributed by atoms with Gasteiger partial charge in [0.25, 0.3) is 0 Å². The van der Waals surface area contributed by atoms with E-state index < -0.39 is 0 Å². The standard InChI is InChI=1S/C25H22N8/c26-22-19(3-1-12-30-22)23-32-21-9-8-20(16-13-28-15-29-14-16)31-24(21)33(23)18-6-4-17(5-7-18)25(27)10-2-11-25/h1,3-9,12-15H,2,10-11,27H2,(H2,26,30). The van der Waals surface area contributed by atoms with E-state index in [0.29, 0.717) is 17.3 Å². The number of pyridine rings is 2. The molecule has 0 atom stereocenters. The van der Waals surface area contributed by atoms with Gasteiger partial charge in [-0.05, 0) is 61.2 Å². The van der Waals surface area contributed by atoms with Crippen LogP contribution in [0.5, 0.6) is 0 Å². The van der Waals surface area contributed by atoms with Crippen LogP contribution in [0.1, 0.15) is 24.8 Å². The van der Waals surface area contributed by atoms with Gasteiger partial charge in [0.1, 0.15) is 17.7 Å². The summed E-state index contributed by atoms with van der Waals surface area (Å²) in [6, 6.07) is 16.0. The van der Waals surface area contributed by atoms with E-state index in [4.69, 9.17) is 21.4 Å². The van der Waals surface area contributed by atoms with Crippen LogP contribution in [0.15, 0.2) is 73.4 Å². The first-order valence-corrected chi connectivity index (χ1v) is 10.9. The molecule has 0 radical (unpaired) electrons. The Kier molecular flexibility index (Phi) is 4.41. The highest BCUT2D eigenvalue weighted by molar-refractivity contribution is 5.84. The number of nitrogen functional groups attached to an aromatic ring is 1. The lowest BCUT2D eigenvalue weighted by Crippen LogP contribution is -2.43. The largest absolute Gasteiger partial charge is 0.383 e. The van der Waals surface area contributed by atoms with E-state index in [1.165, 1.54) is 12.7 Å². The Labute approximate surface area is 190 Å². The van der Waals surface area contributed by atoms with Gasteiger partial charge in [0.2, 0.25) is 0 Å². The fourth-order valence-corrected chi connectivity index (χ4v) is 4.37. The lowest BCUT2D eigenvalue weighted by molar-refractivity contribution is 0.253. The van der Waals surface area contributed by atoms with Crippen molar-refractivity contribution >= 4 is 17.0 Å². The monoisotopic (exact) mass is 434 g/mol. The van der Waals surface area contributed by atoms with Crippen molar-refractivity contribution in [2.24, 2.45) is 5.73 Å². The molecule has 0 spiro atoms. The Morgan fingerprint density at radius 3 is 2.39 bits per heavy atom. The van der Waals surface area contributed by atoms with Gasteiger partial charge in [-0.25, -0.2) is 24.9 Å². The SMILES string of the molecule is Nc1ncccc1-c1nc2ccc(-c3cncnc3)nc2n1-c1ccc(C2(N)CCC2)cc1. The average molecular weight is 435 g/mol. The predicted molar refractivity (Wildman–Crippen MR) is 127 cm³/mol. The zero-order chi connectivity index (χ0) is 22.4. The van der Waals surface area contributed by atoms with E-state index in [0.717, 1.165) is 46.4 Å². The van der Waals surface area contributed by atoms with Crippen molar-refractivity contribution in [2.45, 2.75) is 24.8 Å². The van der Waals surface area contributed by atoms with Gasteiger partial charge >= 0.3 is 0 Å². The summed E-state index contributed by atoms with van der Waals surface area (Å²) in [5.74, 6) is 1.10. The van der Waals surface area contributed by atoms with E-state index in [2.05, 4.69) is 39.2 Å². The molecule has 1 aromatic carbocycles. The number of aromatic nitrogens is 6. The van der Waals surface area contributed by atoms with Crippen molar-refractivity contribution < 1.29 is 0 Å². The molecular formula is C25H22N8. The van der Waals surface area contributed by atoms with E-state index in [9.17, 15) is 0 Å². The van der Waals surface area contributed by atoms with Crippen LogP contribution in [0.25, 0.3) is 39.5 Å². The molecule has 8 nitrogen and oxygen atoms in total. The molecule has 1 fully saturated rings. The molecule has 33 heavy (non-hydrogen) atoms. The normalized spacial score (nSPS) is 14.8. The molecule has 4 N–H and O–H groups in total. The zero-order valence-electron chi connectivity index (χ0n) is 17.9. The van der Waals surface area contributed by atoms with Crippen LogP contribution in [0.2, 0.25) is 0 Å². The molecule has 0 bridgehead atoms. The second-order valence-corrected chi connectivity index (χ2v) is 8.43. The first-order chi connectivity index (χ1) is 16.1. The quantitative estimate of drug-likeness (QED) is 0.440. The molecular weight excluding hydrogens is 412 g/mol. The van der Waals surface area contributed by atoms with E-state index in [1.54, 1.807) is 18.6 Å². The summed E-state index contributed by atoms with van der Waals surface area (Å²) in [7, 11) is 0. The Bertz CT molecular complexity index is 1450. The topological polar surface area (TPSA) is 121 Å². The highest BCUT2D eigenvalue weighted by Gasteiger charge is 2.34. The van der Waals surface area contributed by atoms with Gasteiger partial charge in [-0.2, -0.15) is 0 Å². The van der Waals surface area contributed by atoms with Crippen molar-refractivity contribution in [1.82, 2.24) is 29.5 Å². The van der Waals surface area contributed by atoms with Crippen molar-refractivity contribution in [3.05, 3.63) is 79.0 Å². The molecule has 162 valence electrons. The van der Waals surface area contributed by atoms with Crippen LogP contribution in [0.4, 0.5) is 5.82 Å². The molecule has 0 amide bonds. The minimum absolute atomic E-state index is 0.217. The van der Waals surface area contributed by atoms with Crippen molar-refractivity contribution in [3.8, 4) is 28.3 Å². The fraction of sp³-hybridized carbons (Fsp3) is 0.160. The number of anilines is 1. The van der Waals surface area contributed by atoms with Crippen molar-refractivity contribution in [2.75, 3.05) is 5.73 Å². The van der Waals surface area contributed by atoms with Gasteiger partial charge in [0, 0.05) is 35.4 Å². The maximum absolute atomic E-state index is 6.54. The third-order valence-electron chi connectivity index (χ3n) is 6.39. The summed E-state index contributed by atoms with van der Waals surface area (Å²) in [5.41, 5.74) is 18.5. The van der Waals surface area contributed by atoms with Crippen LogP contribution in [-0.2, 0) is 5.54 Å². The molecule has 6 rings (SSSR count). The highest BCUT2D eigenvalue weighted by Crippen LogP contribution is 2.39. The Morgan fingerprint density at radius 2 is 1.70 bits per heavy atom. The lowest BCUT2D eigenvalue weighted by atomic mass is 9.73. The summed E-state index contributed by atoms with van der Waals surface area (Å²) in [6.07, 6.45) is 9.87. The molecule has 0 aliphatic heterocycles. The second-order valence-electron chi connectivity index (χ2n) is 8.43. The maximum atomic E-state index is 6.54. The smallest absolute Gasteiger partial charge is 0.165 e. The molecule has 1 saturated carbocycles. The van der Waals surface area contributed by atoms with Crippen LogP contribution in [0, 0.1) is 0 Å². The molecule has 8 heteroatoms. The first kappa shape index (κ1) is 19.5. The minimum atomic E-state index is -0.217. The summed E-state index contributed by atoms with van der Waals surface area (Å²) < 4.78 is 2.02. The van der Waals surface area contributed by atoms with Gasteiger partial charge in [0.15, 0.2) is 11.5 Å². The van der Waals surface area contributed by atoms with Gasteiger partial charge in [-0.3, -0.25) is 4.57 Å². The molecule has 4 aromatic heterocycles. The Hall–Kier alpha value is -4.17.